The van der Waals surface area contributed by atoms with Crippen molar-refractivity contribution in [2.75, 3.05) is 44.2 Å². The number of aromatic nitrogens is 1. The number of hydrogen-bond acceptors (Lipinski definition) is 5. The second kappa shape index (κ2) is 8.63. The first kappa shape index (κ1) is 22.7. The molecule has 33 heavy (non-hydrogen) atoms. The highest BCUT2D eigenvalue weighted by Crippen LogP contribution is 2.37. The zero-order chi connectivity index (χ0) is 23.2. The van der Waals surface area contributed by atoms with Crippen molar-refractivity contribution < 1.29 is 22.3 Å². The summed E-state index contributed by atoms with van der Waals surface area (Å²) in [6, 6.07) is 6.74. The average Bonchev–Trinajstić information content (AvgIpc) is 3.10. The summed E-state index contributed by atoms with van der Waals surface area (Å²) in [4.78, 5) is 4.75. The maximum absolute atomic E-state index is 14.7. The standard InChI is InChI=1S/C22H22Cl2FN3O4S/c23-15-3-4-18(21-20(15)16(24)9-26-21)27-33(29,30)19-5-2-14(8-17(19)25)32-7-1-6-28-10-22(11-28)12-31-13-22/h2-5,8-9,26-27H,1,6-7,10-13H2. The minimum Gasteiger partial charge on any atom is -0.493 e. The van der Waals surface area contributed by atoms with E-state index in [2.05, 4.69) is 14.6 Å². The molecule has 2 aliphatic heterocycles. The molecule has 5 rings (SSSR count). The van der Waals surface area contributed by atoms with E-state index in [0.29, 0.717) is 33.0 Å². The summed E-state index contributed by atoms with van der Waals surface area (Å²) >= 11 is 12.3. The Labute approximate surface area is 200 Å². The highest BCUT2D eigenvalue weighted by molar-refractivity contribution is 7.92. The van der Waals surface area contributed by atoms with E-state index in [1.54, 1.807) is 0 Å². The van der Waals surface area contributed by atoms with E-state index < -0.39 is 20.7 Å². The van der Waals surface area contributed by atoms with Crippen molar-refractivity contribution in [3.05, 3.63) is 52.4 Å². The molecule has 0 atom stereocenters. The predicted octanol–water partition coefficient (Wildman–Crippen LogP) is 4.52. The molecule has 176 valence electrons. The van der Waals surface area contributed by atoms with E-state index in [-0.39, 0.29) is 11.4 Å². The maximum atomic E-state index is 14.7. The SMILES string of the molecule is O=S(=O)(Nc1ccc(Cl)c2c(Cl)c[nH]c12)c1ccc(OCCCN2CC3(COC3)C2)cc1F. The van der Waals surface area contributed by atoms with Crippen molar-refractivity contribution in [1.29, 1.82) is 0 Å². The van der Waals surface area contributed by atoms with Crippen LogP contribution in [0.15, 0.2) is 41.4 Å². The van der Waals surface area contributed by atoms with Gasteiger partial charge in [0.05, 0.1) is 41.1 Å². The Morgan fingerprint density at radius 1 is 1.18 bits per heavy atom. The molecule has 0 aliphatic carbocycles. The Hall–Kier alpha value is -2.04. The number of benzene rings is 2. The van der Waals surface area contributed by atoms with Crippen molar-refractivity contribution >= 4 is 49.8 Å². The Balaban J connectivity index is 1.21. The molecule has 1 spiro atoms. The zero-order valence-electron chi connectivity index (χ0n) is 17.5. The molecule has 2 aromatic carbocycles. The van der Waals surface area contributed by atoms with Crippen molar-refractivity contribution in [3.63, 3.8) is 0 Å². The number of nitrogens with zero attached hydrogens (tertiary/aromatic N) is 1. The van der Waals surface area contributed by atoms with Crippen LogP contribution in [0.3, 0.4) is 0 Å². The third-order valence-electron chi connectivity index (χ3n) is 6.00. The van der Waals surface area contributed by atoms with E-state index >= 15 is 0 Å². The smallest absolute Gasteiger partial charge is 0.264 e. The Morgan fingerprint density at radius 2 is 1.97 bits per heavy atom. The van der Waals surface area contributed by atoms with Gasteiger partial charge >= 0.3 is 0 Å². The third kappa shape index (κ3) is 4.40. The van der Waals surface area contributed by atoms with Gasteiger partial charge in [-0.05, 0) is 30.7 Å². The largest absolute Gasteiger partial charge is 0.493 e. The van der Waals surface area contributed by atoms with Crippen LogP contribution in [0.1, 0.15) is 6.42 Å². The lowest BCUT2D eigenvalue weighted by Crippen LogP contribution is -2.65. The quantitative estimate of drug-likeness (QED) is 0.432. The van der Waals surface area contributed by atoms with Crippen LogP contribution in [0.4, 0.5) is 10.1 Å². The fraction of sp³-hybridized carbons (Fsp3) is 0.364. The van der Waals surface area contributed by atoms with Gasteiger partial charge in [-0.2, -0.15) is 0 Å². The Bertz CT molecular complexity index is 1300. The van der Waals surface area contributed by atoms with Gasteiger partial charge in [-0.15, -0.1) is 0 Å². The number of H-pyrrole nitrogens is 1. The van der Waals surface area contributed by atoms with Crippen LogP contribution in [0.5, 0.6) is 5.75 Å². The Morgan fingerprint density at radius 3 is 2.67 bits per heavy atom. The number of ether oxygens (including phenoxy) is 2. The molecular weight excluding hydrogens is 492 g/mol. The van der Waals surface area contributed by atoms with E-state index in [1.165, 1.54) is 30.5 Å². The van der Waals surface area contributed by atoms with Crippen molar-refractivity contribution in [3.8, 4) is 5.75 Å². The summed E-state index contributed by atoms with van der Waals surface area (Å²) in [5.41, 5.74) is 1.00. The molecule has 0 radical (unpaired) electrons. The van der Waals surface area contributed by atoms with Crippen molar-refractivity contribution in [1.82, 2.24) is 9.88 Å². The van der Waals surface area contributed by atoms with Gasteiger partial charge < -0.3 is 19.4 Å². The van der Waals surface area contributed by atoms with Gasteiger partial charge in [-0.25, -0.2) is 12.8 Å². The first-order chi connectivity index (χ1) is 15.8. The maximum Gasteiger partial charge on any atom is 0.264 e. The monoisotopic (exact) mass is 513 g/mol. The first-order valence-electron chi connectivity index (χ1n) is 10.5. The predicted molar refractivity (Wildman–Crippen MR) is 125 cm³/mol. The van der Waals surface area contributed by atoms with Crippen LogP contribution in [0.2, 0.25) is 10.0 Å². The summed E-state index contributed by atoms with van der Waals surface area (Å²) in [7, 11) is -4.20. The van der Waals surface area contributed by atoms with Crippen molar-refractivity contribution in [2.24, 2.45) is 5.41 Å². The molecule has 0 saturated carbocycles. The van der Waals surface area contributed by atoms with E-state index in [0.717, 1.165) is 45.3 Å². The molecule has 7 nitrogen and oxygen atoms in total. The lowest BCUT2D eigenvalue weighted by Gasteiger charge is -2.55. The fourth-order valence-electron chi connectivity index (χ4n) is 4.35. The number of rotatable bonds is 8. The highest BCUT2D eigenvalue weighted by Gasteiger charge is 2.48. The van der Waals surface area contributed by atoms with Gasteiger partial charge in [-0.3, -0.25) is 4.72 Å². The number of hydrogen-bond donors (Lipinski definition) is 2. The number of fused-ring (bicyclic) bond motifs is 1. The van der Waals surface area contributed by atoms with Gasteiger partial charge in [0, 0.05) is 42.7 Å². The molecule has 0 amide bonds. The van der Waals surface area contributed by atoms with Crippen molar-refractivity contribution in [2.45, 2.75) is 11.3 Å². The lowest BCUT2D eigenvalue weighted by atomic mass is 9.78. The van der Waals surface area contributed by atoms with Gasteiger partial charge in [0.2, 0.25) is 0 Å². The number of aromatic amines is 1. The average molecular weight is 514 g/mol. The molecule has 11 heteroatoms. The highest BCUT2D eigenvalue weighted by atomic mass is 35.5. The minimum atomic E-state index is -4.20. The van der Waals surface area contributed by atoms with Gasteiger partial charge in [0.25, 0.3) is 10.0 Å². The van der Waals surface area contributed by atoms with Crippen LogP contribution in [0.25, 0.3) is 10.9 Å². The zero-order valence-corrected chi connectivity index (χ0v) is 19.9. The van der Waals surface area contributed by atoms with Crippen LogP contribution in [-0.4, -0.2) is 57.8 Å². The van der Waals surface area contributed by atoms with Crippen LogP contribution in [-0.2, 0) is 14.8 Å². The van der Waals surface area contributed by atoms with Crippen LogP contribution >= 0.6 is 23.2 Å². The molecule has 2 fully saturated rings. The summed E-state index contributed by atoms with van der Waals surface area (Å²) in [6.07, 6.45) is 2.30. The minimum absolute atomic E-state index is 0.210. The number of anilines is 1. The molecule has 2 saturated heterocycles. The summed E-state index contributed by atoms with van der Waals surface area (Å²) in [5, 5.41) is 1.21. The fourth-order valence-corrected chi connectivity index (χ4v) is 6.05. The molecule has 2 N–H and O–H groups in total. The second-order valence-electron chi connectivity index (χ2n) is 8.58. The summed E-state index contributed by atoms with van der Waals surface area (Å²) in [6.45, 7) is 5.13. The molecule has 3 heterocycles. The first-order valence-corrected chi connectivity index (χ1v) is 12.7. The number of halogens is 3. The normalized spacial score (nSPS) is 17.7. The molecule has 2 aliphatic rings. The molecular formula is C22H22Cl2FN3O4S. The number of sulfonamides is 1. The number of likely N-dealkylation sites (tertiary alicyclic amines) is 1. The van der Waals surface area contributed by atoms with Gasteiger partial charge in [0.1, 0.15) is 16.5 Å². The second-order valence-corrected chi connectivity index (χ2v) is 11.0. The van der Waals surface area contributed by atoms with E-state index in [9.17, 15) is 12.8 Å². The molecule has 3 aromatic rings. The number of nitrogens with one attached hydrogen (secondary N) is 2. The van der Waals surface area contributed by atoms with E-state index in [4.69, 9.17) is 32.7 Å². The summed E-state index contributed by atoms with van der Waals surface area (Å²) < 4.78 is 53.7. The summed E-state index contributed by atoms with van der Waals surface area (Å²) in [5.74, 6) is -0.617. The molecule has 1 aromatic heterocycles. The van der Waals surface area contributed by atoms with Gasteiger partial charge in [-0.1, -0.05) is 23.2 Å². The molecule has 0 unspecified atom stereocenters. The van der Waals surface area contributed by atoms with Crippen LogP contribution in [0, 0.1) is 11.2 Å². The van der Waals surface area contributed by atoms with Gasteiger partial charge in [0.15, 0.2) is 0 Å². The Kier molecular flexibility index (Phi) is 5.95. The third-order valence-corrected chi connectivity index (χ3v) is 8.01. The topological polar surface area (TPSA) is 83.7 Å². The van der Waals surface area contributed by atoms with Crippen LogP contribution < -0.4 is 9.46 Å². The lowest BCUT2D eigenvalue weighted by molar-refractivity contribution is -0.189. The molecule has 0 bridgehead atoms. The van der Waals surface area contributed by atoms with E-state index in [1.807, 2.05) is 0 Å².